The summed E-state index contributed by atoms with van der Waals surface area (Å²) in [5, 5.41) is 4.70. The summed E-state index contributed by atoms with van der Waals surface area (Å²) in [5.74, 6) is -0.296. The molecule has 39 heavy (non-hydrogen) atoms. The van der Waals surface area contributed by atoms with Crippen LogP contribution in [0.5, 0.6) is 5.75 Å². The first kappa shape index (κ1) is 28.4. The molecule has 2 N–H and O–H groups in total. The highest BCUT2D eigenvalue weighted by Crippen LogP contribution is 2.41. The number of aromatic nitrogens is 1. The van der Waals surface area contributed by atoms with Crippen molar-refractivity contribution in [2.45, 2.75) is 19.3 Å². The van der Waals surface area contributed by atoms with Gasteiger partial charge in [-0.15, -0.1) is 0 Å². The number of methoxy groups -OCH3 is 1. The first-order valence-electron chi connectivity index (χ1n) is 12.4. The number of pyridine rings is 1. The molecule has 1 aliphatic heterocycles. The van der Waals surface area contributed by atoms with Gasteiger partial charge < -0.3 is 24.5 Å². The molecule has 0 saturated carbocycles. The van der Waals surface area contributed by atoms with Gasteiger partial charge in [0.05, 0.1) is 45.3 Å². The summed E-state index contributed by atoms with van der Waals surface area (Å²) in [6, 6.07) is 16.1. The number of fused-ring (bicyclic) bond motifs is 1. The molecule has 9 nitrogen and oxygen atoms in total. The fraction of sp³-hybridized carbons (Fsp3) is 0.310. The van der Waals surface area contributed by atoms with E-state index in [4.69, 9.17) is 35.6 Å². The van der Waals surface area contributed by atoms with Gasteiger partial charge in [-0.3, -0.25) is 4.79 Å². The Hall–Kier alpha value is -3.63. The first-order valence-corrected chi connectivity index (χ1v) is 12.8. The van der Waals surface area contributed by atoms with Crippen molar-refractivity contribution >= 4 is 28.5 Å². The Morgan fingerprint density at radius 3 is 2.62 bits per heavy atom. The number of esters is 1. The number of benzene rings is 2. The zero-order chi connectivity index (χ0) is 27.8. The van der Waals surface area contributed by atoms with Crippen molar-refractivity contribution < 1.29 is 28.8 Å². The van der Waals surface area contributed by atoms with E-state index in [-0.39, 0.29) is 18.8 Å². The fourth-order valence-corrected chi connectivity index (χ4v) is 4.76. The van der Waals surface area contributed by atoms with Crippen LogP contribution in [-0.4, -0.2) is 51.6 Å². The summed E-state index contributed by atoms with van der Waals surface area (Å²) >= 11 is 6.57. The monoisotopic (exact) mass is 554 g/mol. The van der Waals surface area contributed by atoms with Gasteiger partial charge in [-0.05, 0) is 48.4 Å². The predicted octanol–water partition coefficient (Wildman–Crippen LogP) is 4.63. The smallest absolute Gasteiger partial charge is 0.336 e. The van der Waals surface area contributed by atoms with Crippen molar-refractivity contribution in [2.24, 2.45) is 0 Å². The number of hydrogen-bond acceptors (Lipinski definition) is 8. The van der Waals surface area contributed by atoms with E-state index < -0.39 is 11.9 Å². The molecule has 2 heterocycles. The van der Waals surface area contributed by atoms with Crippen LogP contribution in [-0.2, 0) is 24.0 Å². The third-order valence-electron chi connectivity index (χ3n) is 6.38. The second kappa shape index (κ2) is 13.4. The number of aromatic amines is 1. The minimum Gasteiger partial charge on any atom is -0.493 e. The van der Waals surface area contributed by atoms with Crippen LogP contribution >= 0.6 is 11.6 Å². The molecule has 1 atom stereocenters. The van der Waals surface area contributed by atoms with Gasteiger partial charge in [-0.25, -0.2) is 14.6 Å². The van der Waals surface area contributed by atoms with Crippen LogP contribution in [0.3, 0.4) is 0 Å². The number of nitrogens with one attached hydrogen (secondary N) is 2. The van der Waals surface area contributed by atoms with E-state index in [0.717, 1.165) is 27.7 Å². The lowest BCUT2D eigenvalue weighted by atomic mass is 9.80. The number of halogens is 1. The molecule has 4 rings (SSSR count). The minimum atomic E-state index is -0.507. The number of carbonyl (C=O) groups is 1. The maximum absolute atomic E-state index is 13.0. The van der Waals surface area contributed by atoms with Crippen LogP contribution < -0.4 is 15.6 Å². The molecule has 0 spiro atoms. The molecule has 0 radical (unpaired) electrons. The molecule has 0 bridgehead atoms. The Balaban J connectivity index is 1.44. The molecule has 0 aliphatic carbocycles. The van der Waals surface area contributed by atoms with Crippen LogP contribution in [0.4, 0.5) is 0 Å². The van der Waals surface area contributed by atoms with Crippen LogP contribution in [0.1, 0.15) is 24.8 Å². The standard InChI is InChI=1S/C29H31ClN2O7/c1-18-22(16-39-36-3)27(21-7-4-5-8-23(21)30)28(29(34)35-2)25(31-18)17-37-13-6-14-38-20-10-11-24-19(15-20)9-12-26(33)32-24/h4-5,7-12,15,27,31H,6,13-14,16-17H2,1-3H3,(H,32,33). The zero-order valence-electron chi connectivity index (χ0n) is 22.0. The van der Waals surface area contributed by atoms with E-state index in [0.29, 0.717) is 41.7 Å². The summed E-state index contributed by atoms with van der Waals surface area (Å²) < 4.78 is 16.9. The molecule has 0 amide bonds. The third-order valence-corrected chi connectivity index (χ3v) is 6.72. The van der Waals surface area contributed by atoms with E-state index in [1.54, 1.807) is 12.1 Å². The molecule has 1 aliphatic rings. The third kappa shape index (κ3) is 6.88. The predicted molar refractivity (Wildman–Crippen MR) is 148 cm³/mol. The molecule has 2 aromatic carbocycles. The second-order valence-electron chi connectivity index (χ2n) is 8.87. The molecular weight excluding hydrogens is 524 g/mol. The normalized spacial score (nSPS) is 15.4. The van der Waals surface area contributed by atoms with Crippen LogP contribution in [0, 0.1) is 0 Å². The molecule has 0 fully saturated rings. The van der Waals surface area contributed by atoms with Crippen molar-refractivity contribution in [3.63, 3.8) is 0 Å². The molecule has 206 valence electrons. The van der Waals surface area contributed by atoms with E-state index in [9.17, 15) is 9.59 Å². The van der Waals surface area contributed by atoms with Gasteiger partial charge >= 0.3 is 5.97 Å². The van der Waals surface area contributed by atoms with E-state index >= 15 is 0 Å². The topological polar surface area (TPSA) is 108 Å². The SMILES string of the molecule is COOCC1=C(C)NC(COCCCOc2ccc3[nH]c(=O)ccc3c2)=C(C(=O)OC)C1c1ccccc1Cl. The lowest BCUT2D eigenvalue weighted by molar-refractivity contribution is -0.265. The number of allylic oxidation sites excluding steroid dienone is 1. The minimum absolute atomic E-state index is 0.127. The highest BCUT2D eigenvalue weighted by Gasteiger charge is 2.36. The summed E-state index contributed by atoms with van der Waals surface area (Å²) in [6.07, 6.45) is 0.625. The largest absolute Gasteiger partial charge is 0.493 e. The van der Waals surface area contributed by atoms with Crippen molar-refractivity contribution in [1.29, 1.82) is 0 Å². The number of carbonyl (C=O) groups excluding carboxylic acids is 1. The van der Waals surface area contributed by atoms with Crippen molar-refractivity contribution in [3.05, 3.63) is 98.1 Å². The molecule has 1 aromatic heterocycles. The van der Waals surface area contributed by atoms with Gasteiger partial charge in [0.1, 0.15) is 12.4 Å². The Morgan fingerprint density at radius 2 is 1.85 bits per heavy atom. The van der Waals surface area contributed by atoms with Crippen LogP contribution in [0.25, 0.3) is 10.9 Å². The summed E-state index contributed by atoms with van der Waals surface area (Å²) in [7, 11) is 2.77. The van der Waals surface area contributed by atoms with Gasteiger partial charge in [0, 0.05) is 40.0 Å². The van der Waals surface area contributed by atoms with E-state index in [1.165, 1.54) is 20.3 Å². The first-order chi connectivity index (χ1) is 18.9. The van der Waals surface area contributed by atoms with E-state index in [2.05, 4.69) is 10.3 Å². The Labute approximate surface area is 231 Å². The lowest BCUT2D eigenvalue weighted by Crippen LogP contribution is -2.33. The Kier molecular flexibility index (Phi) is 9.78. The second-order valence-corrected chi connectivity index (χ2v) is 9.28. The molecular formula is C29H31ClN2O7. The number of ether oxygens (including phenoxy) is 3. The molecule has 10 heteroatoms. The Morgan fingerprint density at radius 1 is 1.03 bits per heavy atom. The average Bonchev–Trinajstić information content (AvgIpc) is 2.94. The molecule has 1 unspecified atom stereocenters. The van der Waals surface area contributed by atoms with Gasteiger partial charge in [-0.1, -0.05) is 29.8 Å². The lowest BCUT2D eigenvalue weighted by Gasteiger charge is -2.32. The zero-order valence-corrected chi connectivity index (χ0v) is 22.8. The van der Waals surface area contributed by atoms with Crippen molar-refractivity contribution in [3.8, 4) is 5.75 Å². The summed E-state index contributed by atoms with van der Waals surface area (Å²) in [5.41, 5.74) is 3.96. The van der Waals surface area contributed by atoms with Crippen LogP contribution in [0.2, 0.25) is 5.02 Å². The number of hydrogen-bond donors (Lipinski definition) is 2. The number of rotatable bonds is 12. The molecule has 3 aromatic rings. The van der Waals surface area contributed by atoms with Crippen molar-refractivity contribution in [2.75, 3.05) is 40.6 Å². The summed E-state index contributed by atoms with van der Waals surface area (Å²) in [6.45, 7) is 3.02. The number of dihydropyridines is 1. The Bertz CT molecular complexity index is 1450. The molecule has 0 saturated heterocycles. The van der Waals surface area contributed by atoms with E-state index in [1.807, 2.05) is 43.3 Å². The highest BCUT2D eigenvalue weighted by atomic mass is 35.5. The van der Waals surface area contributed by atoms with Crippen LogP contribution in [0.15, 0.2) is 81.9 Å². The highest BCUT2D eigenvalue weighted by molar-refractivity contribution is 6.31. The fourth-order valence-electron chi connectivity index (χ4n) is 4.52. The van der Waals surface area contributed by atoms with Gasteiger partial charge in [0.25, 0.3) is 0 Å². The quantitative estimate of drug-likeness (QED) is 0.144. The maximum Gasteiger partial charge on any atom is 0.336 e. The average molecular weight is 555 g/mol. The van der Waals surface area contributed by atoms with Gasteiger partial charge in [0.15, 0.2) is 0 Å². The van der Waals surface area contributed by atoms with Gasteiger partial charge in [-0.2, -0.15) is 0 Å². The number of H-pyrrole nitrogens is 1. The van der Waals surface area contributed by atoms with Gasteiger partial charge in [0.2, 0.25) is 5.56 Å². The summed E-state index contributed by atoms with van der Waals surface area (Å²) in [4.78, 5) is 37.4. The van der Waals surface area contributed by atoms with Crippen molar-refractivity contribution in [1.82, 2.24) is 10.3 Å². The maximum atomic E-state index is 13.0.